The number of nitrogens with zero attached hydrogens (tertiary/aromatic N) is 1. The number of nitrogens with one attached hydrogen (secondary N) is 1. The second-order valence-electron chi connectivity index (χ2n) is 7.90. The summed E-state index contributed by atoms with van der Waals surface area (Å²) in [5.74, 6) is 0.894. The molecule has 1 heterocycles. The summed E-state index contributed by atoms with van der Waals surface area (Å²) in [6, 6.07) is 0. The zero-order chi connectivity index (χ0) is 16.6. The summed E-state index contributed by atoms with van der Waals surface area (Å²) >= 11 is 0. The van der Waals surface area contributed by atoms with Gasteiger partial charge in [-0.05, 0) is 18.8 Å². The van der Waals surface area contributed by atoms with Crippen LogP contribution in [0.2, 0.25) is 0 Å². The summed E-state index contributed by atoms with van der Waals surface area (Å²) in [6.45, 7) is 8.27. The van der Waals surface area contributed by atoms with Gasteiger partial charge in [-0.3, -0.25) is 9.89 Å². The highest BCUT2D eigenvalue weighted by Gasteiger charge is 2.06. The largest absolute Gasteiger partial charge is 0.277 e. The van der Waals surface area contributed by atoms with E-state index in [1.54, 1.807) is 0 Å². The molecule has 1 N–H and O–H groups in total. The van der Waals surface area contributed by atoms with Crippen LogP contribution in [0.3, 0.4) is 0 Å². The fourth-order valence-corrected chi connectivity index (χ4v) is 3.45. The standard InChI is InChI=1S/C21H42N2/c1-21(2)16-14-12-10-8-6-4-3-5-7-9-11-13-15-18-23-19-17-22-20-23/h20-21H,3-19H2,1-2H3/p+1. The molecule has 2 heteroatoms. The Bertz CT molecular complexity index is 284. The van der Waals surface area contributed by atoms with Crippen molar-refractivity contribution in [3.05, 3.63) is 0 Å². The zero-order valence-electron chi connectivity index (χ0n) is 16.1. The first-order valence-corrected chi connectivity index (χ1v) is 10.6. The van der Waals surface area contributed by atoms with Crippen LogP contribution in [0.15, 0.2) is 0 Å². The van der Waals surface area contributed by atoms with E-state index in [1.165, 1.54) is 103 Å². The molecule has 0 aromatic rings. The summed E-state index contributed by atoms with van der Waals surface area (Å²) in [7, 11) is 0. The lowest BCUT2D eigenvalue weighted by Gasteiger charge is -2.05. The topological polar surface area (TPSA) is 15.0 Å². The summed E-state index contributed by atoms with van der Waals surface area (Å²) in [6.07, 6.45) is 22.5. The van der Waals surface area contributed by atoms with E-state index in [4.69, 9.17) is 0 Å². The lowest BCUT2D eigenvalue weighted by atomic mass is 10.0. The maximum absolute atomic E-state index is 3.28. The molecular weight excluding hydrogens is 280 g/mol. The highest BCUT2D eigenvalue weighted by Crippen LogP contribution is 2.14. The Labute approximate surface area is 146 Å². The van der Waals surface area contributed by atoms with Crippen molar-refractivity contribution in [2.45, 2.75) is 104 Å². The van der Waals surface area contributed by atoms with Gasteiger partial charge in [0.2, 0.25) is 6.34 Å². The Balaban J connectivity index is 1.67. The van der Waals surface area contributed by atoms with E-state index in [0.717, 1.165) is 12.5 Å². The average Bonchev–Trinajstić information content (AvgIpc) is 3.04. The first-order valence-electron chi connectivity index (χ1n) is 10.6. The van der Waals surface area contributed by atoms with Crippen molar-refractivity contribution < 1.29 is 4.58 Å². The van der Waals surface area contributed by atoms with E-state index in [2.05, 4.69) is 30.1 Å². The van der Waals surface area contributed by atoms with Gasteiger partial charge in [0.25, 0.3) is 0 Å². The van der Waals surface area contributed by atoms with Gasteiger partial charge >= 0.3 is 0 Å². The lowest BCUT2D eigenvalue weighted by molar-refractivity contribution is -0.514. The third-order valence-corrected chi connectivity index (χ3v) is 5.04. The van der Waals surface area contributed by atoms with E-state index >= 15 is 0 Å². The van der Waals surface area contributed by atoms with Crippen LogP contribution in [0, 0.1) is 5.92 Å². The number of unbranched alkanes of at least 4 members (excludes halogenated alkanes) is 12. The molecular formula is C21H43N2+. The summed E-state index contributed by atoms with van der Waals surface area (Å²) in [5.41, 5.74) is 0. The molecule has 0 atom stereocenters. The quantitative estimate of drug-likeness (QED) is 0.282. The fourth-order valence-electron chi connectivity index (χ4n) is 3.45. The van der Waals surface area contributed by atoms with Gasteiger partial charge < -0.3 is 0 Å². The maximum atomic E-state index is 3.28. The first-order chi connectivity index (χ1) is 11.3. The van der Waals surface area contributed by atoms with E-state index in [0.29, 0.717) is 0 Å². The average molecular weight is 324 g/mol. The number of hydrogen-bond acceptors (Lipinski definition) is 1. The molecule has 0 radical (unpaired) electrons. The Morgan fingerprint density at radius 3 is 1.65 bits per heavy atom. The van der Waals surface area contributed by atoms with Crippen molar-refractivity contribution in [1.82, 2.24) is 5.32 Å². The summed E-state index contributed by atoms with van der Waals surface area (Å²) < 4.78 is 2.42. The van der Waals surface area contributed by atoms with Crippen LogP contribution < -0.4 is 5.32 Å². The van der Waals surface area contributed by atoms with Crippen molar-refractivity contribution in [2.75, 3.05) is 19.6 Å². The minimum Gasteiger partial charge on any atom is -0.277 e. The van der Waals surface area contributed by atoms with E-state index in [1.807, 2.05) is 0 Å². The molecule has 0 bridgehead atoms. The van der Waals surface area contributed by atoms with Crippen molar-refractivity contribution in [3.63, 3.8) is 0 Å². The fraction of sp³-hybridized carbons (Fsp3) is 0.952. The monoisotopic (exact) mass is 323 g/mol. The van der Waals surface area contributed by atoms with E-state index < -0.39 is 0 Å². The Hall–Kier alpha value is -0.530. The zero-order valence-corrected chi connectivity index (χ0v) is 16.1. The van der Waals surface area contributed by atoms with Crippen LogP contribution in [0.1, 0.15) is 104 Å². The SMILES string of the molecule is CC(C)CCCCCCCCCCCCCCC[N+]1=CNCC1. The van der Waals surface area contributed by atoms with Crippen molar-refractivity contribution in [3.8, 4) is 0 Å². The maximum Gasteiger partial charge on any atom is 0.232 e. The Morgan fingerprint density at radius 1 is 0.739 bits per heavy atom. The van der Waals surface area contributed by atoms with Gasteiger partial charge in [0, 0.05) is 0 Å². The Morgan fingerprint density at radius 2 is 1.22 bits per heavy atom. The second kappa shape index (κ2) is 15.0. The molecule has 1 rings (SSSR count). The van der Waals surface area contributed by atoms with Crippen LogP contribution in [-0.4, -0.2) is 30.5 Å². The van der Waals surface area contributed by atoms with Crippen LogP contribution in [-0.2, 0) is 0 Å². The normalized spacial score (nSPS) is 14.3. The van der Waals surface area contributed by atoms with Crippen molar-refractivity contribution in [1.29, 1.82) is 0 Å². The summed E-state index contributed by atoms with van der Waals surface area (Å²) in [4.78, 5) is 0. The van der Waals surface area contributed by atoms with Gasteiger partial charge in [-0.2, -0.15) is 0 Å². The van der Waals surface area contributed by atoms with Crippen LogP contribution in [0.25, 0.3) is 0 Å². The minimum absolute atomic E-state index is 0.894. The smallest absolute Gasteiger partial charge is 0.232 e. The molecule has 0 unspecified atom stereocenters. The minimum atomic E-state index is 0.894. The molecule has 0 aliphatic carbocycles. The van der Waals surface area contributed by atoms with E-state index in [-0.39, 0.29) is 0 Å². The van der Waals surface area contributed by atoms with Crippen molar-refractivity contribution in [2.24, 2.45) is 5.92 Å². The van der Waals surface area contributed by atoms with Gasteiger partial charge in [0.15, 0.2) is 0 Å². The molecule has 0 aromatic carbocycles. The highest BCUT2D eigenvalue weighted by molar-refractivity contribution is 5.49. The molecule has 0 amide bonds. The van der Waals surface area contributed by atoms with Crippen LogP contribution >= 0.6 is 0 Å². The lowest BCUT2D eigenvalue weighted by Crippen LogP contribution is -2.11. The third-order valence-electron chi connectivity index (χ3n) is 5.04. The molecule has 1 aliphatic rings. The third kappa shape index (κ3) is 13.6. The predicted octanol–water partition coefficient (Wildman–Crippen LogP) is 5.75. The van der Waals surface area contributed by atoms with Gasteiger partial charge in [-0.15, -0.1) is 0 Å². The molecule has 0 aromatic heterocycles. The molecule has 1 aliphatic heterocycles. The number of hydrogen-bond donors (Lipinski definition) is 1. The van der Waals surface area contributed by atoms with E-state index in [9.17, 15) is 0 Å². The second-order valence-corrected chi connectivity index (χ2v) is 7.90. The van der Waals surface area contributed by atoms with Crippen LogP contribution in [0.4, 0.5) is 0 Å². The van der Waals surface area contributed by atoms with Crippen LogP contribution in [0.5, 0.6) is 0 Å². The summed E-state index contributed by atoms with van der Waals surface area (Å²) in [5, 5.41) is 3.28. The van der Waals surface area contributed by atoms with Gasteiger partial charge in [-0.1, -0.05) is 90.9 Å². The highest BCUT2D eigenvalue weighted by atomic mass is 15.1. The predicted molar refractivity (Wildman–Crippen MR) is 104 cm³/mol. The molecule has 0 fully saturated rings. The van der Waals surface area contributed by atoms with Gasteiger partial charge in [-0.25, -0.2) is 0 Å². The van der Waals surface area contributed by atoms with Crippen molar-refractivity contribution >= 4 is 6.34 Å². The Kier molecular flexibility index (Phi) is 13.4. The number of rotatable bonds is 16. The molecule has 0 saturated heterocycles. The molecule has 136 valence electrons. The molecule has 23 heavy (non-hydrogen) atoms. The van der Waals surface area contributed by atoms with Gasteiger partial charge in [0.05, 0.1) is 6.54 Å². The molecule has 2 nitrogen and oxygen atoms in total. The van der Waals surface area contributed by atoms with Gasteiger partial charge in [0.1, 0.15) is 13.1 Å². The first kappa shape index (κ1) is 20.5. The molecule has 0 saturated carbocycles. The molecule has 0 spiro atoms.